The molecule has 1 N–H and O–H groups in total. The molecule has 0 heterocycles. The van der Waals surface area contributed by atoms with Crippen molar-refractivity contribution in [3.63, 3.8) is 0 Å². The average molecular weight is 308 g/mol. The number of amides is 4. The van der Waals surface area contributed by atoms with Gasteiger partial charge in [-0.05, 0) is 23.9 Å². The van der Waals surface area contributed by atoms with Crippen LogP contribution >= 0.6 is 23.9 Å². The number of hydrogen-bond acceptors (Lipinski definition) is 6. The number of imide groups is 1. The lowest BCUT2D eigenvalue weighted by molar-refractivity contribution is 0.175. The van der Waals surface area contributed by atoms with E-state index in [-0.39, 0.29) is 0 Å². The second kappa shape index (κ2) is 8.92. The van der Waals surface area contributed by atoms with E-state index in [1.807, 2.05) is 13.8 Å². The molecule has 0 aliphatic heterocycles. The maximum atomic E-state index is 12.3. The highest BCUT2D eigenvalue weighted by atomic mass is 32.2. The van der Waals surface area contributed by atoms with Crippen LogP contribution in [0.5, 0.6) is 0 Å². The molecular formula is C10H20N4O3S2. The van der Waals surface area contributed by atoms with Gasteiger partial charge >= 0.3 is 18.1 Å². The van der Waals surface area contributed by atoms with Gasteiger partial charge in [-0.25, -0.2) is 13.3 Å². The lowest BCUT2D eigenvalue weighted by atomic mass is 10.6. The Balaban J connectivity index is 5.17. The summed E-state index contributed by atoms with van der Waals surface area (Å²) in [6.45, 7) is 3.81. The second-order valence-electron chi connectivity index (χ2n) is 3.40. The number of carbonyl (C=O) groups excluding carboxylic acids is 2. The minimum absolute atomic E-state index is 0.498. The van der Waals surface area contributed by atoms with Crippen LogP contribution in [0.1, 0.15) is 13.8 Å². The van der Waals surface area contributed by atoms with Crippen molar-refractivity contribution < 1.29 is 14.3 Å². The number of hydrogen-bond donors (Lipinski definition) is 1. The summed E-state index contributed by atoms with van der Waals surface area (Å²) in [4.78, 5) is 26.2. The summed E-state index contributed by atoms with van der Waals surface area (Å²) in [5, 5.41) is 7.60. The van der Waals surface area contributed by atoms with E-state index in [9.17, 15) is 9.59 Å². The molecule has 4 amide bonds. The number of nitrogens with one attached hydrogen (secondary N) is 1. The molecule has 0 saturated heterocycles. The number of ether oxygens (including phenoxy) is 1. The first-order valence-electron chi connectivity index (χ1n) is 5.64. The summed E-state index contributed by atoms with van der Waals surface area (Å²) in [6.07, 6.45) is 0. The molecular weight excluding hydrogens is 288 g/mol. The lowest BCUT2D eigenvalue weighted by Gasteiger charge is -2.27. The van der Waals surface area contributed by atoms with Gasteiger partial charge in [-0.1, -0.05) is 13.8 Å². The van der Waals surface area contributed by atoms with E-state index in [1.165, 1.54) is 53.7 Å². The van der Waals surface area contributed by atoms with Gasteiger partial charge in [-0.15, -0.1) is 0 Å². The van der Waals surface area contributed by atoms with Gasteiger partial charge in [0.1, 0.15) is 0 Å². The minimum Gasteiger partial charge on any atom is -0.468 e. The number of rotatable bonds is 4. The summed E-state index contributed by atoms with van der Waals surface area (Å²) in [6, 6.07) is -1.71. The van der Waals surface area contributed by atoms with Crippen molar-refractivity contribution in [2.45, 2.75) is 13.8 Å². The lowest BCUT2D eigenvalue weighted by Crippen LogP contribution is -2.50. The van der Waals surface area contributed by atoms with E-state index in [0.29, 0.717) is 16.4 Å². The Kier molecular flexibility index (Phi) is 8.41. The van der Waals surface area contributed by atoms with E-state index >= 15 is 0 Å². The maximum absolute atomic E-state index is 12.3. The quantitative estimate of drug-likeness (QED) is 0.490. The third kappa shape index (κ3) is 5.19. The summed E-state index contributed by atoms with van der Waals surface area (Å²) in [5.74, 6) is 1.37. The van der Waals surface area contributed by atoms with Crippen LogP contribution in [0.4, 0.5) is 9.59 Å². The summed E-state index contributed by atoms with van der Waals surface area (Å²) < 4.78 is 6.09. The van der Waals surface area contributed by atoms with Crippen LogP contribution in [-0.4, -0.2) is 64.3 Å². The van der Waals surface area contributed by atoms with Gasteiger partial charge < -0.3 is 9.64 Å². The van der Waals surface area contributed by atoms with E-state index in [0.717, 1.165) is 0 Å². The Morgan fingerprint density at radius 1 is 1.11 bits per heavy atom. The molecule has 9 heteroatoms. The molecule has 7 nitrogen and oxygen atoms in total. The van der Waals surface area contributed by atoms with Gasteiger partial charge in [0.15, 0.2) is 0 Å². The van der Waals surface area contributed by atoms with Crippen LogP contribution in [0.25, 0.3) is 0 Å². The molecule has 0 aromatic rings. The van der Waals surface area contributed by atoms with Crippen LogP contribution in [0.3, 0.4) is 0 Å². The Hall–Kier alpha value is -1.09. The topological polar surface area (TPSA) is 76.9 Å². The molecule has 0 aliphatic rings. The molecule has 110 valence electrons. The zero-order valence-electron chi connectivity index (χ0n) is 11.8. The average Bonchev–Trinajstić information content (AvgIpc) is 2.37. The Bertz CT molecular complexity index is 333. The fourth-order valence-electron chi connectivity index (χ4n) is 1.01. The fourth-order valence-corrected chi connectivity index (χ4v) is 2.79. The first kappa shape index (κ1) is 17.9. The minimum atomic E-state index is -0.616. The van der Waals surface area contributed by atoms with Crippen molar-refractivity contribution >= 4 is 42.0 Å². The number of amidine groups is 1. The predicted molar refractivity (Wildman–Crippen MR) is 79.2 cm³/mol. The standard InChI is InChI=1S/C10H20N4O3S2/c1-6-18-14(19-7-2)10(16)13(8(11)17-5)9(15)12(3)4/h11H,6-7H2,1-5H3. The third-order valence-corrected chi connectivity index (χ3v) is 3.74. The van der Waals surface area contributed by atoms with Gasteiger partial charge in [-0.2, -0.15) is 4.90 Å². The van der Waals surface area contributed by atoms with Crippen molar-refractivity contribution in [1.29, 1.82) is 5.41 Å². The van der Waals surface area contributed by atoms with Crippen molar-refractivity contribution in [3.05, 3.63) is 0 Å². The molecule has 0 spiro atoms. The molecule has 0 atom stereocenters. The number of nitrogens with zero attached hydrogens (tertiary/aromatic N) is 3. The number of carbonyl (C=O) groups is 2. The highest BCUT2D eigenvalue weighted by molar-refractivity contribution is 8.12. The van der Waals surface area contributed by atoms with Gasteiger partial charge in [0.05, 0.1) is 7.11 Å². The van der Waals surface area contributed by atoms with Gasteiger partial charge in [0.25, 0.3) is 0 Å². The molecule has 0 aliphatic carbocycles. The van der Waals surface area contributed by atoms with Crippen molar-refractivity contribution in [2.24, 2.45) is 0 Å². The third-order valence-electron chi connectivity index (χ3n) is 1.81. The highest BCUT2D eigenvalue weighted by Crippen LogP contribution is 2.24. The first-order valence-corrected chi connectivity index (χ1v) is 7.52. The van der Waals surface area contributed by atoms with Crippen molar-refractivity contribution in [2.75, 3.05) is 32.7 Å². The van der Waals surface area contributed by atoms with E-state index in [2.05, 4.69) is 0 Å². The monoisotopic (exact) mass is 308 g/mol. The summed E-state index contributed by atoms with van der Waals surface area (Å²) in [7, 11) is 4.27. The first-order chi connectivity index (χ1) is 8.90. The van der Waals surface area contributed by atoms with Crippen LogP contribution < -0.4 is 0 Å². The molecule has 0 fully saturated rings. The molecule has 0 unspecified atom stereocenters. The SMILES string of the molecule is CCSN(SCC)C(=O)N(C(=N)OC)C(=O)N(C)C. The molecule has 0 bridgehead atoms. The molecule has 0 rings (SSSR count). The normalized spacial score (nSPS) is 9.74. The van der Waals surface area contributed by atoms with Gasteiger partial charge in [-0.3, -0.25) is 5.41 Å². The van der Waals surface area contributed by atoms with Crippen molar-refractivity contribution in [1.82, 2.24) is 13.5 Å². The maximum Gasteiger partial charge on any atom is 0.356 e. The molecule has 0 saturated carbocycles. The molecule has 19 heavy (non-hydrogen) atoms. The van der Waals surface area contributed by atoms with Crippen LogP contribution in [0.15, 0.2) is 0 Å². The van der Waals surface area contributed by atoms with Crippen molar-refractivity contribution in [3.8, 4) is 0 Å². The van der Waals surface area contributed by atoms with Crippen LogP contribution in [0, 0.1) is 5.41 Å². The fraction of sp³-hybridized carbons (Fsp3) is 0.700. The molecule has 0 aromatic carbocycles. The summed E-state index contributed by atoms with van der Waals surface area (Å²) >= 11 is 2.55. The molecule has 0 aromatic heterocycles. The second-order valence-corrected chi connectivity index (χ2v) is 6.03. The number of methoxy groups -OCH3 is 1. The van der Waals surface area contributed by atoms with Crippen LogP contribution in [0.2, 0.25) is 0 Å². The Morgan fingerprint density at radius 2 is 1.58 bits per heavy atom. The largest absolute Gasteiger partial charge is 0.468 e. The van der Waals surface area contributed by atoms with Gasteiger partial charge in [0, 0.05) is 25.6 Å². The van der Waals surface area contributed by atoms with Gasteiger partial charge in [0.2, 0.25) is 0 Å². The van der Waals surface area contributed by atoms with E-state index < -0.39 is 18.1 Å². The van der Waals surface area contributed by atoms with E-state index in [4.69, 9.17) is 10.1 Å². The van der Waals surface area contributed by atoms with Crippen LogP contribution in [-0.2, 0) is 4.74 Å². The number of urea groups is 2. The molecule has 0 radical (unpaired) electrons. The Labute approximate surface area is 122 Å². The Morgan fingerprint density at radius 3 is 1.89 bits per heavy atom. The smallest absolute Gasteiger partial charge is 0.356 e. The summed E-state index contributed by atoms with van der Waals surface area (Å²) in [5.41, 5.74) is 0. The zero-order valence-corrected chi connectivity index (χ0v) is 13.4. The predicted octanol–water partition coefficient (Wildman–Crippen LogP) is 2.31. The highest BCUT2D eigenvalue weighted by Gasteiger charge is 2.32. The zero-order chi connectivity index (χ0) is 15.0. The van der Waals surface area contributed by atoms with E-state index in [1.54, 1.807) is 0 Å².